The van der Waals surface area contributed by atoms with Crippen molar-refractivity contribution in [2.45, 2.75) is 19.9 Å². The molecular formula is C18H20N6O2. The third kappa shape index (κ3) is 3.80. The first-order chi connectivity index (χ1) is 12.6. The Morgan fingerprint density at radius 2 is 2.00 bits per heavy atom. The normalized spacial score (nSPS) is 11.8. The highest BCUT2D eigenvalue weighted by Gasteiger charge is 2.15. The third-order valence-corrected chi connectivity index (χ3v) is 3.89. The van der Waals surface area contributed by atoms with Crippen LogP contribution in [0.2, 0.25) is 0 Å². The highest BCUT2D eigenvalue weighted by Crippen LogP contribution is 2.18. The van der Waals surface area contributed by atoms with Gasteiger partial charge in [-0.1, -0.05) is 30.3 Å². The van der Waals surface area contributed by atoms with Gasteiger partial charge in [-0.2, -0.15) is 5.10 Å². The Balaban J connectivity index is 1.69. The number of carbonyl (C=O) groups excluding carboxylic acids is 2. The van der Waals surface area contributed by atoms with Crippen molar-refractivity contribution in [1.29, 1.82) is 0 Å². The average Bonchev–Trinajstić information content (AvgIpc) is 3.06. The van der Waals surface area contributed by atoms with E-state index < -0.39 is 0 Å². The fraction of sp³-hybridized carbons (Fsp3) is 0.222. The van der Waals surface area contributed by atoms with Gasteiger partial charge in [0.1, 0.15) is 5.82 Å². The molecule has 0 radical (unpaired) electrons. The Kier molecular flexibility index (Phi) is 5.12. The fourth-order valence-corrected chi connectivity index (χ4v) is 2.57. The first-order valence-electron chi connectivity index (χ1n) is 8.33. The zero-order valence-corrected chi connectivity index (χ0v) is 14.5. The van der Waals surface area contributed by atoms with E-state index in [9.17, 15) is 9.59 Å². The zero-order valence-electron chi connectivity index (χ0n) is 14.5. The minimum Gasteiger partial charge on any atom is -0.351 e. The van der Waals surface area contributed by atoms with Gasteiger partial charge < -0.3 is 10.6 Å². The van der Waals surface area contributed by atoms with Crippen LogP contribution in [0.25, 0.3) is 10.9 Å². The van der Waals surface area contributed by atoms with Crippen molar-refractivity contribution in [1.82, 2.24) is 25.8 Å². The molecule has 26 heavy (non-hydrogen) atoms. The smallest absolute Gasteiger partial charge is 0.320 e. The Bertz CT molecular complexity index is 922. The predicted octanol–water partition coefficient (Wildman–Crippen LogP) is 2.59. The summed E-state index contributed by atoms with van der Waals surface area (Å²) in [6, 6.07) is 10.8. The summed E-state index contributed by atoms with van der Waals surface area (Å²) >= 11 is 0. The standard InChI is InChI=1S/C18H20N6O2/c1-3-19-17(25)16-13-10-20-15(9-14(13)23-24-16)22-18(26)21-11(2)12-7-5-4-6-8-12/h4-11H,3H2,1-2H3,(H,19,25)(H,23,24)(H2,20,21,22,26)/t11-/m1/s1. The molecule has 0 spiro atoms. The predicted molar refractivity (Wildman–Crippen MR) is 98.9 cm³/mol. The van der Waals surface area contributed by atoms with Gasteiger partial charge in [0.2, 0.25) is 0 Å². The molecule has 0 saturated heterocycles. The number of nitrogens with one attached hydrogen (secondary N) is 4. The van der Waals surface area contributed by atoms with Crippen molar-refractivity contribution in [3.05, 3.63) is 53.9 Å². The Morgan fingerprint density at radius 1 is 1.23 bits per heavy atom. The van der Waals surface area contributed by atoms with Gasteiger partial charge in [-0.15, -0.1) is 0 Å². The van der Waals surface area contributed by atoms with E-state index in [-0.39, 0.29) is 23.7 Å². The maximum atomic E-state index is 12.2. The molecule has 0 aliphatic heterocycles. The van der Waals surface area contributed by atoms with E-state index >= 15 is 0 Å². The van der Waals surface area contributed by atoms with Crippen molar-refractivity contribution in [2.75, 3.05) is 11.9 Å². The van der Waals surface area contributed by atoms with Gasteiger partial charge in [0.15, 0.2) is 5.69 Å². The van der Waals surface area contributed by atoms with Crippen LogP contribution in [0.5, 0.6) is 0 Å². The summed E-state index contributed by atoms with van der Waals surface area (Å²) in [6.45, 7) is 4.25. The molecule has 8 heteroatoms. The minimum absolute atomic E-state index is 0.142. The molecule has 0 unspecified atom stereocenters. The second-order valence-electron chi connectivity index (χ2n) is 5.78. The van der Waals surface area contributed by atoms with E-state index in [1.807, 2.05) is 44.2 Å². The summed E-state index contributed by atoms with van der Waals surface area (Å²) in [5.41, 5.74) is 1.90. The van der Waals surface area contributed by atoms with Gasteiger partial charge in [-0.05, 0) is 19.4 Å². The van der Waals surface area contributed by atoms with Crippen molar-refractivity contribution in [3.8, 4) is 0 Å². The number of aromatic nitrogens is 3. The quantitative estimate of drug-likeness (QED) is 0.565. The average molecular weight is 352 g/mol. The van der Waals surface area contributed by atoms with Crippen LogP contribution in [0.1, 0.15) is 35.9 Å². The highest BCUT2D eigenvalue weighted by molar-refractivity contribution is 6.05. The number of benzene rings is 1. The van der Waals surface area contributed by atoms with Crippen molar-refractivity contribution in [3.63, 3.8) is 0 Å². The summed E-state index contributed by atoms with van der Waals surface area (Å²) in [6.07, 6.45) is 1.51. The lowest BCUT2D eigenvalue weighted by atomic mass is 10.1. The van der Waals surface area contributed by atoms with Gasteiger partial charge in [0.25, 0.3) is 5.91 Å². The molecule has 2 heterocycles. The van der Waals surface area contributed by atoms with Crippen LogP contribution in [0, 0.1) is 0 Å². The number of anilines is 1. The van der Waals surface area contributed by atoms with Crippen LogP contribution in [-0.2, 0) is 0 Å². The van der Waals surface area contributed by atoms with Crippen LogP contribution in [0.3, 0.4) is 0 Å². The molecule has 4 N–H and O–H groups in total. The van der Waals surface area contributed by atoms with Crippen LogP contribution >= 0.6 is 0 Å². The second-order valence-corrected chi connectivity index (χ2v) is 5.78. The number of hydrogen-bond acceptors (Lipinski definition) is 4. The summed E-state index contributed by atoms with van der Waals surface area (Å²) in [5.74, 6) is 0.0945. The lowest BCUT2D eigenvalue weighted by Crippen LogP contribution is -2.31. The van der Waals surface area contributed by atoms with Crippen LogP contribution in [0.4, 0.5) is 10.6 Å². The molecule has 3 aromatic rings. The van der Waals surface area contributed by atoms with E-state index in [1.165, 1.54) is 6.20 Å². The SMILES string of the molecule is CCNC(=O)c1n[nH]c2cc(NC(=O)N[C@H](C)c3ccccc3)ncc12. The third-order valence-electron chi connectivity index (χ3n) is 3.89. The highest BCUT2D eigenvalue weighted by atomic mass is 16.2. The van der Waals surface area contributed by atoms with Crippen molar-refractivity contribution >= 4 is 28.7 Å². The summed E-state index contributed by atoms with van der Waals surface area (Å²) in [4.78, 5) is 28.3. The number of amides is 3. The van der Waals surface area contributed by atoms with Crippen LogP contribution < -0.4 is 16.0 Å². The van der Waals surface area contributed by atoms with E-state index in [0.717, 1.165) is 5.56 Å². The maximum absolute atomic E-state index is 12.2. The molecule has 1 atom stereocenters. The summed E-state index contributed by atoms with van der Waals surface area (Å²) in [5, 5.41) is 15.6. The van der Waals surface area contributed by atoms with Gasteiger partial charge >= 0.3 is 6.03 Å². The number of rotatable bonds is 5. The number of pyridine rings is 1. The van der Waals surface area contributed by atoms with Gasteiger partial charge in [-0.3, -0.25) is 15.2 Å². The number of fused-ring (bicyclic) bond motifs is 1. The zero-order chi connectivity index (χ0) is 18.5. The minimum atomic E-state index is -0.364. The van der Waals surface area contributed by atoms with Crippen LogP contribution in [0.15, 0.2) is 42.6 Å². The lowest BCUT2D eigenvalue weighted by molar-refractivity contribution is 0.0952. The van der Waals surface area contributed by atoms with Crippen molar-refractivity contribution in [2.24, 2.45) is 0 Å². The first-order valence-corrected chi connectivity index (χ1v) is 8.33. The monoisotopic (exact) mass is 352 g/mol. The number of H-pyrrole nitrogens is 1. The van der Waals surface area contributed by atoms with Crippen LogP contribution in [-0.4, -0.2) is 33.7 Å². The summed E-state index contributed by atoms with van der Waals surface area (Å²) < 4.78 is 0. The molecule has 0 bridgehead atoms. The van der Waals surface area contributed by atoms with Gasteiger partial charge in [0.05, 0.1) is 16.9 Å². The molecule has 0 aliphatic rings. The number of carbonyl (C=O) groups is 2. The molecule has 134 valence electrons. The number of urea groups is 1. The Hall–Kier alpha value is -3.42. The maximum Gasteiger partial charge on any atom is 0.320 e. The molecule has 0 fully saturated rings. The molecule has 0 aliphatic carbocycles. The Labute approximate surface area is 150 Å². The molecule has 0 saturated carbocycles. The number of nitrogens with zero attached hydrogens (tertiary/aromatic N) is 2. The van der Waals surface area contributed by atoms with Gasteiger partial charge in [0, 0.05) is 18.8 Å². The number of aromatic amines is 1. The lowest BCUT2D eigenvalue weighted by Gasteiger charge is -2.14. The first kappa shape index (κ1) is 17.4. The molecular weight excluding hydrogens is 332 g/mol. The molecule has 2 aromatic heterocycles. The molecule has 3 rings (SSSR count). The summed E-state index contributed by atoms with van der Waals surface area (Å²) in [7, 11) is 0. The topological polar surface area (TPSA) is 112 Å². The van der Waals surface area contributed by atoms with E-state index in [2.05, 4.69) is 31.1 Å². The van der Waals surface area contributed by atoms with E-state index in [0.29, 0.717) is 23.3 Å². The molecule has 8 nitrogen and oxygen atoms in total. The van der Waals surface area contributed by atoms with E-state index in [1.54, 1.807) is 6.07 Å². The Morgan fingerprint density at radius 3 is 2.73 bits per heavy atom. The number of hydrogen-bond donors (Lipinski definition) is 4. The fourth-order valence-electron chi connectivity index (χ4n) is 2.57. The van der Waals surface area contributed by atoms with Gasteiger partial charge in [-0.25, -0.2) is 9.78 Å². The molecule has 3 amide bonds. The molecule has 1 aromatic carbocycles. The largest absolute Gasteiger partial charge is 0.351 e. The van der Waals surface area contributed by atoms with Crippen molar-refractivity contribution < 1.29 is 9.59 Å². The second kappa shape index (κ2) is 7.64. The van der Waals surface area contributed by atoms with E-state index in [4.69, 9.17) is 0 Å².